The summed E-state index contributed by atoms with van der Waals surface area (Å²) in [6.07, 6.45) is 4.61. The van der Waals surface area contributed by atoms with Crippen LogP contribution in [0.2, 0.25) is 0 Å². The molecule has 138 heavy (non-hydrogen) atoms. The molecular formula is C104H152N4O23S7. The van der Waals surface area contributed by atoms with E-state index in [1.165, 1.54) is 63.4 Å². The maximum atomic E-state index is 12.9. The van der Waals surface area contributed by atoms with Crippen molar-refractivity contribution in [2.45, 2.75) is 311 Å². The van der Waals surface area contributed by atoms with E-state index in [0.29, 0.717) is 34.7 Å². The van der Waals surface area contributed by atoms with E-state index in [0.717, 1.165) is 127 Å². The molecule has 3 atom stereocenters. The van der Waals surface area contributed by atoms with Crippen LogP contribution in [-0.4, -0.2) is 174 Å². The zero-order valence-electron chi connectivity index (χ0n) is 86.4. The Hall–Kier alpha value is -8.49. The van der Waals surface area contributed by atoms with Gasteiger partial charge < -0.3 is 59.2 Å². The first kappa shape index (κ1) is 120. The Morgan fingerprint density at radius 3 is 0.862 bits per heavy atom. The summed E-state index contributed by atoms with van der Waals surface area (Å²) in [5.74, 6) is -1.52. The van der Waals surface area contributed by atoms with E-state index in [1.54, 1.807) is 32.1 Å². The quantitative estimate of drug-likeness (QED) is 0.0160. The lowest BCUT2D eigenvalue weighted by molar-refractivity contribution is -0.144. The van der Waals surface area contributed by atoms with Gasteiger partial charge in [0.2, 0.25) is 5.91 Å². The molecule has 0 aliphatic carbocycles. The maximum absolute atomic E-state index is 12.9. The molecule has 0 saturated carbocycles. The van der Waals surface area contributed by atoms with Crippen molar-refractivity contribution < 1.29 is 108 Å². The number of nitrogens with one attached hydrogen (secondary N) is 3. The average Bonchev–Trinajstić information content (AvgIpc) is 1.67. The second-order valence-corrected chi connectivity index (χ2v) is 49.9. The number of aliphatic hydroxyl groups excluding tert-OH is 3. The van der Waals surface area contributed by atoms with Crippen LogP contribution in [-0.2, 0) is 91.8 Å². The molecule has 768 valence electrons. The van der Waals surface area contributed by atoms with Gasteiger partial charge in [-0.1, -0.05) is 187 Å². The first-order chi connectivity index (χ1) is 63.8. The standard InChI is InChI=1S/C28H41NO5S.C26H39NO6S2.C25H37NO6S2.C25H35NO6S2/c1-9-28(10-2,21-11-12-22(18(3)13-21)34-17-24(31)27(6,7)8)25-14-19(4)23(35-25)15-29(20(5)30)16-26(32)33;1-9-26(10-2,19-11-12-20(17(3)13-19)33-16-21(28)25(5,6)7)22-14-18(4)24(34-22)35(30,31)27-15-23(29)32-8;2*1-8-25(9-2,21-13-17(4)23(33-21)34(30,31)26-14-22(28)29)18-10-11-19(16(3)12-18)32-15-20(27)24(5,6)7/h11-14,24,31H,9-10,15-17H2,1-8H3,(H,32,33);11-14,21,27-28H,9-10,15-16H2,1-8H3;10-13,20,26-27H,8-9,14-15H2,1-7H3,(H,28,29);10-13,26H,8-9,14-15H2,1-7H3,(H,28,29). The topological polar surface area (TPSA) is 412 Å². The summed E-state index contributed by atoms with van der Waals surface area (Å²) in [6.45, 7) is 55.6. The molecule has 0 aliphatic heterocycles. The lowest BCUT2D eigenvalue weighted by Gasteiger charge is -2.32. The molecule has 0 bridgehead atoms. The summed E-state index contributed by atoms with van der Waals surface area (Å²) in [4.78, 5) is 74.9. The van der Waals surface area contributed by atoms with E-state index >= 15 is 0 Å². The third kappa shape index (κ3) is 30.8. The number of ether oxygens (including phenoxy) is 5. The van der Waals surface area contributed by atoms with Crippen LogP contribution in [0.25, 0.3) is 0 Å². The third-order valence-electron chi connectivity index (χ3n) is 25.9. The van der Waals surface area contributed by atoms with Crippen LogP contribution in [0.15, 0.2) is 110 Å². The SMILES string of the molecule is CCC(CC)(c1ccc(OCC(=O)C(C)(C)C)c(C)c1)c1cc(C)c(S(=O)(=O)NCC(=O)O)s1.CCC(CC)(c1ccc(OCC(O)C(C)(C)C)c(C)c1)c1cc(C)c(CN(CC(=O)O)C(C)=O)s1.CCC(CC)(c1ccc(OCC(O)C(C)(C)C)c(C)c1)c1cc(C)c(S(=O)(=O)NCC(=O)O)s1.CCC(CC)(c1ccc(OCC(O)C(C)(C)C)c(C)c1)c1cc(C)c(S(=O)(=O)NCC(=O)OC)s1. The number of ketones is 1. The van der Waals surface area contributed by atoms with Crippen LogP contribution >= 0.6 is 45.3 Å². The number of Topliss-reactive ketones (excluding diaryl/α,β-unsaturated/α-hetero) is 1. The number of thiophene rings is 4. The van der Waals surface area contributed by atoms with Crippen molar-refractivity contribution >= 4 is 111 Å². The van der Waals surface area contributed by atoms with Crippen LogP contribution in [0, 0.1) is 77.0 Å². The minimum atomic E-state index is -3.93. The van der Waals surface area contributed by atoms with Crippen molar-refractivity contribution in [2.75, 3.05) is 59.7 Å². The summed E-state index contributed by atoms with van der Waals surface area (Å²) < 4.78 is 112. The lowest BCUT2D eigenvalue weighted by atomic mass is 9.74. The van der Waals surface area contributed by atoms with Crippen molar-refractivity contribution in [1.29, 1.82) is 0 Å². The Morgan fingerprint density at radius 1 is 0.370 bits per heavy atom. The number of carbonyl (C=O) groups is 6. The summed E-state index contributed by atoms with van der Waals surface area (Å²) in [5.41, 5.74) is 8.42. The smallest absolute Gasteiger partial charge is 0.323 e. The highest BCUT2D eigenvalue weighted by molar-refractivity contribution is 7.92. The van der Waals surface area contributed by atoms with Crippen molar-refractivity contribution in [1.82, 2.24) is 19.1 Å². The highest BCUT2D eigenvalue weighted by Gasteiger charge is 2.41. The molecule has 4 aromatic carbocycles. The number of amides is 1. The number of carboxylic acid groups (broad SMARTS) is 3. The van der Waals surface area contributed by atoms with Crippen LogP contribution < -0.4 is 33.1 Å². The first-order valence-electron chi connectivity index (χ1n) is 46.7. The second-order valence-electron chi connectivity index (χ2n) is 39.7. The molecule has 0 saturated heterocycles. The van der Waals surface area contributed by atoms with Crippen LogP contribution in [0.5, 0.6) is 23.0 Å². The fraction of sp³-hybridized carbons (Fsp3) is 0.558. The highest BCUT2D eigenvalue weighted by Crippen LogP contribution is 2.51. The molecule has 1 amide bonds. The number of carboxylic acids is 3. The summed E-state index contributed by atoms with van der Waals surface area (Å²) in [5, 5.41) is 57.9. The molecule has 4 heterocycles. The minimum Gasteiger partial charge on any atom is -0.491 e. The molecule has 0 spiro atoms. The number of methoxy groups -OCH3 is 1. The highest BCUT2D eigenvalue weighted by atomic mass is 32.3. The molecule has 9 N–H and O–H groups in total. The van der Waals surface area contributed by atoms with Gasteiger partial charge in [0.15, 0.2) is 5.78 Å². The molecule has 3 unspecified atom stereocenters. The van der Waals surface area contributed by atoms with Crippen molar-refractivity contribution in [2.24, 2.45) is 21.7 Å². The number of hydrogen-bond acceptors (Lipinski definition) is 24. The summed E-state index contributed by atoms with van der Waals surface area (Å²) in [7, 11) is -10.5. The molecular weight excluding hydrogens is 1900 g/mol. The molecule has 8 aromatic rings. The van der Waals surface area contributed by atoms with Crippen molar-refractivity contribution in [3.8, 4) is 23.0 Å². The molecule has 0 radical (unpaired) electrons. The van der Waals surface area contributed by atoms with Gasteiger partial charge >= 0.3 is 23.9 Å². The van der Waals surface area contributed by atoms with Crippen molar-refractivity contribution in [3.63, 3.8) is 0 Å². The van der Waals surface area contributed by atoms with Gasteiger partial charge in [0, 0.05) is 58.4 Å². The summed E-state index contributed by atoms with van der Waals surface area (Å²) >= 11 is 5.26. The monoisotopic (exact) mass is 2050 g/mol. The van der Waals surface area contributed by atoms with E-state index < -0.39 is 108 Å². The van der Waals surface area contributed by atoms with Gasteiger partial charge in [-0.2, -0.15) is 14.2 Å². The number of sulfonamides is 3. The Labute approximate surface area is 836 Å². The Morgan fingerprint density at radius 2 is 0.630 bits per heavy atom. The van der Waals surface area contributed by atoms with Gasteiger partial charge in [-0.05, 0) is 238 Å². The number of aliphatic carboxylic acids is 3. The number of aliphatic hydroxyl groups is 3. The number of rotatable bonds is 44. The number of esters is 1. The number of benzene rings is 4. The molecule has 0 aliphatic rings. The number of aryl methyl sites for hydroxylation is 8. The fourth-order valence-corrected chi connectivity index (χ4v) is 26.6. The predicted octanol–water partition coefficient (Wildman–Crippen LogP) is 19.8. The summed E-state index contributed by atoms with van der Waals surface area (Å²) in [6, 6.07) is 32.1. The Balaban J connectivity index is 0.000000325. The van der Waals surface area contributed by atoms with Gasteiger partial charge in [-0.25, -0.2) is 25.3 Å². The molecule has 0 fully saturated rings. The van der Waals surface area contributed by atoms with E-state index in [-0.39, 0.29) is 84.4 Å². The molecule has 4 aromatic heterocycles. The van der Waals surface area contributed by atoms with E-state index in [9.17, 15) is 74.4 Å². The Bertz CT molecular complexity index is 5840. The van der Waals surface area contributed by atoms with E-state index in [2.05, 4.69) is 105 Å². The number of carbonyl (C=O) groups excluding carboxylic acids is 3. The zero-order chi connectivity index (χ0) is 105. The normalized spacial score (nSPS) is 13.2. The van der Waals surface area contributed by atoms with E-state index in [4.69, 9.17) is 29.2 Å². The number of nitrogens with zero attached hydrogens (tertiary/aromatic N) is 1. The fourth-order valence-electron chi connectivity index (χ4n) is 15.8. The molecule has 8 rings (SSSR count). The second kappa shape index (κ2) is 50.0. The number of hydrogen-bond donors (Lipinski definition) is 9. The molecule has 34 heteroatoms. The van der Waals surface area contributed by atoms with E-state index in [1.807, 2.05) is 184 Å². The lowest BCUT2D eigenvalue weighted by Crippen LogP contribution is -2.33. The van der Waals surface area contributed by atoms with Gasteiger partial charge in [0.25, 0.3) is 30.1 Å². The molecule has 27 nitrogen and oxygen atoms in total. The third-order valence-corrected chi connectivity index (χ3v) is 37.8. The maximum Gasteiger partial charge on any atom is 0.323 e. The van der Waals surface area contributed by atoms with Gasteiger partial charge in [-0.15, -0.1) is 45.3 Å². The van der Waals surface area contributed by atoms with Gasteiger partial charge in [0.1, 0.15) is 88.2 Å². The Kier molecular flexibility index (Phi) is 43.4. The van der Waals surface area contributed by atoms with Crippen molar-refractivity contribution in [3.05, 3.63) is 188 Å². The zero-order valence-corrected chi connectivity index (χ0v) is 92.1. The predicted molar refractivity (Wildman–Crippen MR) is 551 cm³/mol. The van der Waals surface area contributed by atoms with Gasteiger partial charge in [-0.3, -0.25) is 28.8 Å². The van der Waals surface area contributed by atoms with Crippen LogP contribution in [0.3, 0.4) is 0 Å². The van der Waals surface area contributed by atoms with Crippen LogP contribution in [0.1, 0.15) is 288 Å². The van der Waals surface area contributed by atoms with Gasteiger partial charge in [0.05, 0.1) is 32.0 Å². The first-order valence-corrected chi connectivity index (χ1v) is 54.5. The minimum absolute atomic E-state index is 0.00503. The van der Waals surface area contributed by atoms with Crippen LogP contribution in [0.4, 0.5) is 0 Å². The largest absolute Gasteiger partial charge is 0.491 e. The average molecular weight is 2050 g/mol.